The Morgan fingerprint density at radius 3 is 2.00 bits per heavy atom. The van der Waals surface area contributed by atoms with Gasteiger partial charge in [0.05, 0.1) is 19.1 Å². The van der Waals surface area contributed by atoms with E-state index in [4.69, 9.17) is 9.47 Å². The van der Waals surface area contributed by atoms with E-state index in [0.717, 1.165) is 34.7 Å². The van der Waals surface area contributed by atoms with Gasteiger partial charge in [-0.05, 0) is 59.5 Å². The molecule has 0 aromatic heterocycles. The molecule has 0 bridgehead atoms. The summed E-state index contributed by atoms with van der Waals surface area (Å²) in [5, 5.41) is 0. The minimum Gasteiger partial charge on any atom is -0.497 e. The van der Waals surface area contributed by atoms with Gasteiger partial charge in [-0.15, -0.1) is 0 Å². The monoisotopic (exact) mass is 475 g/mol. The van der Waals surface area contributed by atoms with Gasteiger partial charge in [0.2, 0.25) is 5.91 Å². The van der Waals surface area contributed by atoms with E-state index >= 15 is 0 Å². The molecular weight excluding hydrogens is 446 g/mol. The third-order valence-corrected chi connectivity index (χ3v) is 6.50. The first-order chi connectivity index (χ1) is 17.7. The minimum atomic E-state index is -0.216. The van der Waals surface area contributed by atoms with Crippen molar-refractivity contribution >= 4 is 11.6 Å². The number of β-lactam (4-membered cyclic amide) rings is 1. The Balaban J connectivity index is 1.35. The minimum absolute atomic E-state index is 0.0823. The van der Waals surface area contributed by atoms with Crippen LogP contribution in [0.4, 0.5) is 5.69 Å². The van der Waals surface area contributed by atoms with Crippen LogP contribution in [0.25, 0.3) is 0 Å². The average molecular weight is 476 g/mol. The molecule has 0 unspecified atom stereocenters. The summed E-state index contributed by atoms with van der Waals surface area (Å²) in [5.74, 6) is 1.45. The second kappa shape index (κ2) is 11.0. The second-order valence-corrected chi connectivity index (χ2v) is 8.84. The Bertz CT molecular complexity index is 1300. The first-order valence-corrected chi connectivity index (χ1v) is 12.2. The van der Waals surface area contributed by atoms with Gasteiger partial charge in [-0.25, -0.2) is 0 Å². The molecule has 180 valence electrons. The zero-order valence-electron chi connectivity index (χ0n) is 20.3. The zero-order valence-corrected chi connectivity index (χ0v) is 20.3. The molecule has 4 aromatic carbocycles. The first-order valence-electron chi connectivity index (χ1n) is 12.2. The quantitative estimate of drug-likeness (QED) is 0.198. The van der Waals surface area contributed by atoms with Crippen molar-refractivity contribution in [2.75, 3.05) is 12.0 Å². The van der Waals surface area contributed by atoms with Crippen molar-refractivity contribution in [3.8, 4) is 11.5 Å². The van der Waals surface area contributed by atoms with Gasteiger partial charge in [-0.1, -0.05) is 84.9 Å². The highest BCUT2D eigenvalue weighted by Gasteiger charge is 2.47. The first kappa shape index (κ1) is 23.4. The molecule has 0 saturated carbocycles. The van der Waals surface area contributed by atoms with Gasteiger partial charge in [0.25, 0.3) is 0 Å². The van der Waals surface area contributed by atoms with E-state index in [0.29, 0.717) is 6.61 Å². The normalized spacial score (nSPS) is 17.1. The number of carbonyl (C=O) groups excluding carboxylic acids is 1. The number of anilines is 1. The number of hydrogen-bond donors (Lipinski definition) is 0. The summed E-state index contributed by atoms with van der Waals surface area (Å²) in [7, 11) is 1.64. The van der Waals surface area contributed by atoms with Gasteiger partial charge in [0, 0.05) is 5.69 Å². The third-order valence-electron chi connectivity index (χ3n) is 6.50. The van der Waals surface area contributed by atoms with Crippen LogP contribution in [0.2, 0.25) is 0 Å². The molecular formula is C32H29NO3. The largest absolute Gasteiger partial charge is 0.497 e. The van der Waals surface area contributed by atoms with Crippen LogP contribution in [0.3, 0.4) is 0 Å². The lowest BCUT2D eigenvalue weighted by molar-refractivity contribution is -0.128. The highest BCUT2D eigenvalue weighted by Crippen LogP contribution is 2.44. The lowest BCUT2D eigenvalue weighted by Gasteiger charge is -2.46. The van der Waals surface area contributed by atoms with Crippen LogP contribution >= 0.6 is 0 Å². The average Bonchev–Trinajstić information content (AvgIpc) is 2.94. The predicted octanol–water partition coefficient (Wildman–Crippen LogP) is 6.78. The molecule has 1 saturated heterocycles. The molecule has 0 spiro atoms. The molecule has 1 aliphatic heterocycles. The Hall–Kier alpha value is -4.31. The second-order valence-electron chi connectivity index (χ2n) is 8.84. The molecule has 2 atom stereocenters. The summed E-state index contributed by atoms with van der Waals surface area (Å²) in [6.07, 6.45) is 4.96. The van der Waals surface area contributed by atoms with Crippen molar-refractivity contribution in [2.45, 2.75) is 19.1 Å². The van der Waals surface area contributed by atoms with E-state index in [-0.39, 0.29) is 17.9 Å². The van der Waals surface area contributed by atoms with Gasteiger partial charge in [0.15, 0.2) is 0 Å². The third kappa shape index (κ3) is 5.18. The summed E-state index contributed by atoms with van der Waals surface area (Å²) < 4.78 is 11.3. The van der Waals surface area contributed by atoms with Crippen molar-refractivity contribution in [2.24, 2.45) is 5.92 Å². The lowest BCUT2D eigenvalue weighted by atomic mass is 9.81. The number of carbonyl (C=O) groups is 1. The number of ether oxygens (including phenoxy) is 2. The van der Waals surface area contributed by atoms with Crippen molar-refractivity contribution in [1.29, 1.82) is 0 Å². The van der Waals surface area contributed by atoms with Crippen LogP contribution in [-0.4, -0.2) is 13.0 Å². The molecule has 5 rings (SSSR count). The molecule has 0 radical (unpaired) electrons. The molecule has 0 N–H and O–H groups in total. The van der Waals surface area contributed by atoms with Gasteiger partial charge < -0.3 is 14.4 Å². The number of allylic oxidation sites excluding steroid dienone is 1. The number of nitrogens with zero attached hydrogens (tertiary/aromatic N) is 1. The molecule has 36 heavy (non-hydrogen) atoms. The van der Waals surface area contributed by atoms with Gasteiger partial charge in [-0.2, -0.15) is 0 Å². The summed E-state index contributed by atoms with van der Waals surface area (Å²) in [6, 6.07) is 36.0. The number of amides is 1. The van der Waals surface area contributed by atoms with Crippen molar-refractivity contribution in [3.05, 3.63) is 138 Å². The summed E-state index contributed by atoms with van der Waals surface area (Å²) in [5.41, 5.74) is 4.29. The molecule has 1 aliphatic rings. The summed E-state index contributed by atoms with van der Waals surface area (Å²) in [4.78, 5) is 15.2. The van der Waals surface area contributed by atoms with E-state index in [1.807, 2.05) is 89.8 Å². The van der Waals surface area contributed by atoms with E-state index in [1.54, 1.807) is 7.11 Å². The SMILES string of the molecule is COc1ccc(N2C(=O)[C@H](/C=C/Cc3ccccc3)[C@H]2c2ccc(OCc3ccccc3)cc2)cc1. The van der Waals surface area contributed by atoms with Crippen LogP contribution in [0.5, 0.6) is 11.5 Å². The van der Waals surface area contributed by atoms with Gasteiger partial charge >= 0.3 is 0 Å². The number of methoxy groups -OCH3 is 1. The van der Waals surface area contributed by atoms with Gasteiger partial charge in [0.1, 0.15) is 18.1 Å². The fourth-order valence-electron chi connectivity index (χ4n) is 4.55. The highest BCUT2D eigenvalue weighted by molar-refractivity contribution is 6.04. The van der Waals surface area contributed by atoms with Crippen LogP contribution in [0.15, 0.2) is 121 Å². The van der Waals surface area contributed by atoms with Crippen LogP contribution in [0, 0.1) is 5.92 Å². The smallest absolute Gasteiger partial charge is 0.236 e. The number of hydrogen-bond acceptors (Lipinski definition) is 3. The maximum absolute atomic E-state index is 13.3. The number of rotatable bonds is 9. The maximum atomic E-state index is 13.3. The summed E-state index contributed by atoms with van der Waals surface area (Å²) >= 11 is 0. The van der Waals surface area contributed by atoms with Crippen molar-refractivity contribution < 1.29 is 14.3 Å². The standard InChI is InChI=1S/C32H29NO3/c1-35-28-21-17-27(18-22-28)33-31(30(32(33)34)14-8-13-24-9-4-2-5-10-24)26-15-19-29(20-16-26)36-23-25-11-6-3-7-12-25/h2-12,14-22,30-31H,13,23H2,1H3/b14-8+/t30-,31-/m1/s1. The van der Waals surface area contributed by atoms with E-state index in [9.17, 15) is 4.79 Å². The lowest BCUT2D eigenvalue weighted by Crippen LogP contribution is -2.54. The fourth-order valence-corrected chi connectivity index (χ4v) is 4.55. The van der Waals surface area contributed by atoms with Crippen LogP contribution in [-0.2, 0) is 17.8 Å². The Labute approximate surface area is 212 Å². The Kier molecular flexibility index (Phi) is 7.13. The van der Waals surface area contributed by atoms with E-state index in [2.05, 4.69) is 36.4 Å². The molecule has 0 aliphatic carbocycles. The topological polar surface area (TPSA) is 38.8 Å². The molecule has 1 fully saturated rings. The Morgan fingerprint density at radius 1 is 0.750 bits per heavy atom. The van der Waals surface area contributed by atoms with Crippen molar-refractivity contribution in [1.82, 2.24) is 0 Å². The molecule has 4 nitrogen and oxygen atoms in total. The zero-order chi connectivity index (χ0) is 24.7. The molecule has 4 aromatic rings. The van der Waals surface area contributed by atoms with Crippen LogP contribution in [0.1, 0.15) is 22.7 Å². The predicted molar refractivity (Wildman–Crippen MR) is 143 cm³/mol. The van der Waals surface area contributed by atoms with E-state index in [1.165, 1.54) is 5.56 Å². The number of benzene rings is 4. The molecule has 1 heterocycles. The van der Waals surface area contributed by atoms with Gasteiger partial charge in [-0.3, -0.25) is 4.79 Å². The summed E-state index contributed by atoms with van der Waals surface area (Å²) in [6.45, 7) is 0.519. The molecule has 1 amide bonds. The van der Waals surface area contributed by atoms with E-state index < -0.39 is 0 Å². The highest BCUT2D eigenvalue weighted by atomic mass is 16.5. The fraction of sp³-hybridized carbons (Fsp3) is 0.156. The maximum Gasteiger partial charge on any atom is 0.236 e. The van der Waals surface area contributed by atoms with Crippen molar-refractivity contribution in [3.63, 3.8) is 0 Å². The van der Waals surface area contributed by atoms with Crippen LogP contribution < -0.4 is 14.4 Å². The Morgan fingerprint density at radius 2 is 1.36 bits per heavy atom. The molecule has 4 heteroatoms.